The molecule has 0 aliphatic carbocycles. The number of alkyl halides is 6. The summed E-state index contributed by atoms with van der Waals surface area (Å²) < 4.78 is 82.8. The first-order chi connectivity index (χ1) is 10.5. The highest BCUT2D eigenvalue weighted by Crippen LogP contribution is 2.37. The summed E-state index contributed by atoms with van der Waals surface area (Å²) in [5.41, 5.74) is -0.303. The van der Waals surface area contributed by atoms with E-state index < -0.39 is 36.2 Å². The second-order valence-electron chi connectivity index (χ2n) is 4.33. The van der Waals surface area contributed by atoms with Gasteiger partial charge in [0.1, 0.15) is 11.5 Å². The largest absolute Gasteiger partial charge is 0.573 e. The molecule has 0 aromatic heterocycles. The van der Waals surface area contributed by atoms with E-state index in [9.17, 15) is 31.1 Å². The van der Waals surface area contributed by atoms with Crippen molar-refractivity contribution in [2.75, 3.05) is 5.32 Å². The smallest absolute Gasteiger partial charge is 0.449 e. The maximum Gasteiger partial charge on any atom is 0.573 e. The third-order valence-corrected chi connectivity index (χ3v) is 2.67. The lowest BCUT2D eigenvalue weighted by Crippen LogP contribution is -2.40. The Balaban J connectivity index is 2.40. The van der Waals surface area contributed by atoms with Crippen molar-refractivity contribution in [2.45, 2.75) is 18.6 Å². The molecular formula is C12H7F6NO4. The van der Waals surface area contributed by atoms with Crippen molar-refractivity contribution in [2.24, 2.45) is 0 Å². The molecule has 1 heterocycles. The summed E-state index contributed by atoms with van der Waals surface area (Å²) in [6.45, 7) is 0. The number of fused-ring (bicyclic) bond motifs is 1. The quantitative estimate of drug-likeness (QED) is 0.628. The molecular weight excluding hydrogens is 336 g/mol. The van der Waals surface area contributed by atoms with Crippen LogP contribution in [-0.2, 0) is 4.74 Å². The summed E-state index contributed by atoms with van der Waals surface area (Å²) in [4.78, 5) is 10.5. The maximum atomic E-state index is 12.9. The topological polar surface area (TPSA) is 67.8 Å². The molecule has 2 rings (SSSR count). The molecule has 0 amide bonds. The second-order valence-corrected chi connectivity index (χ2v) is 4.33. The first kappa shape index (κ1) is 16.8. The van der Waals surface area contributed by atoms with Crippen molar-refractivity contribution in [1.82, 2.24) is 0 Å². The molecule has 0 saturated carbocycles. The van der Waals surface area contributed by atoms with Crippen LogP contribution in [0.15, 0.2) is 24.0 Å². The van der Waals surface area contributed by atoms with Crippen LogP contribution in [0.1, 0.15) is 5.56 Å². The van der Waals surface area contributed by atoms with Crippen LogP contribution < -0.4 is 10.1 Å². The van der Waals surface area contributed by atoms with Crippen molar-refractivity contribution in [3.63, 3.8) is 0 Å². The highest BCUT2D eigenvalue weighted by atomic mass is 19.4. The number of rotatable bonds is 2. The lowest BCUT2D eigenvalue weighted by molar-refractivity contribution is -0.274. The van der Waals surface area contributed by atoms with Crippen LogP contribution in [0.25, 0.3) is 6.08 Å². The van der Waals surface area contributed by atoms with E-state index in [1.165, 1.54) is 0 Å². The van der Waals surface area contributed by atoms with Crippen LogP contribution in [0.4, 0.5) is 36.8 Å². The van der Waals surface area contributed by atoms with E-state index in [2.05, 4.69) is 9.47 Å². The predicted octanol–water partition coefficient (Wildman–Crippen LogP) is 3.98. The highest BCUT2D eigenvalue weighted by Gasteiger charge is 2.46. The Labute approximate surface area is 124 Å². The Bertz CT molecular complexity index is 652. The Hall–Kier alpha value is -2.59. The molecule has 1 atom stereocenters. The zero-order valence-corrected chi connectivity index (χ0v) is 10.8. The second kappa shape index (κ2) is 5.56. The van der Waals surface area contributed by atoms with Gasteiger partial charge in [-0.15, -0.1) is 13.2 Å². The molecule has 1 aliphatic heterocycles. The van der Waals surface area contributed by atoms with Gasteiger partial charge in [-0.2, -0.15) is 13.2 Å². The molecule has 0 fully saturated rings. The van der Waals surface area contributed by atoms with Gasteiger partial charge >= 0.3 is 18.7 Å². The van der Waals surface area contributed by atoms with Crippen molar-refractivity contribution in [3.8, 4) is 5.75 Å². The molecule has 1 aliphatic rings. The van der Waals surface area contributed by atoms with Crippen molar-refractivity contribution in [1.29, 1.82) is 0 Å². The van der Waals surface area contributed by atoms with E-state index >= 15 is 0 Å². The van der Waals surface area contributed by atoms with Gasteiger partial charge in [0.2, 0.25) is 0 Å². The molecule has 0 bridgehead atoms. The molecule has 2 N–H and O–H groups in total. The number of carboxylic acid groups (broad SMARTS) is 1. The molecule has 0 radical (unpaired) electrons. The van der Waals surface area contributed by atoms with Crippen LogP contribution in [0.3, 0.4) is 0 Å². The molecule has 11 heteroatoms. The van der Waals surface area contributed by atoms with E-state index in [1.807, 2.05) is 5.32 Å². The summed E-state index contributed by atoms with van der Waals surface area (Å²) in [6, 6.07) is 0.126. The van der Waals surface area contributed by atoms with Gasteiger partial charge in [0, 0.05) is 11.3 Å². The standard InChI is InChI=1S/C12H7F6NO4/c13-11(14,15)9-8(22-10(20)21)4-5-3-6(23-12(16,17)18)1-2-7(5)19-9/h1-4,9,19H,(H,20,21). The first-order valence-electron chi connectivity index (χ1n) is 5.81. The molecule has 1 aromatic carbocycles. The molecule has 0 saturated heterocycles. The van der Waals surface area contributed by atoms with Gasteiger partial charge in [0.05, 0.1) is 0 Å². The summed E-state index contributed by atoms with van der Waals surface area (Å²) in [5, 5.41) is 10.4. The Morgan fingerprint density at radius 1 is 1.17 bits per heavy atom. The normalized spacial score (nSPS) is 17.7. The summed E-state index contributed by atoms with van der Waals surface area (Å²) in [7, 11) is 0. The van der Waals surface area contributed by atoms with Crippen molar-refractivity contribution in [3.05, 3.63) is 29.5 Å². The van der Waals surface area contributed by atoms with Crippen LogP contribution in [0.2, 0.25) is 0 Å². The van der Waals surface area contributed by atoms with Crippen LogP contribution >= 0.6 is 0 Å². The van der Waals surface area contributed by atoms with E-state index in [1.54, 1.807) is 0 Å². The number of nitrogens with one attached hydrogen (secondary N) is 1. The Kier molecular flexibility index (Phi) is 4.05. The van der Waals surface area contributed by atoms with Crippen LogP contribution in [0.5, 0.6) is 5.75 Å². The molecule has 0 spiro atoms. The van der Waals surface area contributed by atoms with Gasteiger partial charge < -0.3 is 19.9 Å². The number of carbonyl (C=O) groups is 1. The van der Waals surface area contributed by atoms with E-state index in [-0.39, 0.29) is 11.3 Å². The fraction of sp³-hybridized carbons (Fsp3) is 0.250. The van der Waals surface area contributed by atoms with Gasteiger partial charge in [0.15, 0.2) is 6.04 Å². The van der Waals surface area contributed by atoms with Crippen molar-refractivity contribution < 1.29 is 45.7 Å². The highest BCUT2D eigenvalue weighted by molar-refractivity contribution is 5.75. The van der Waals surface area contributed by atoms with E-state index in [0.29, 0.717) is 6.08 Å². The average Bonchev–Trinajstić information content (AvgIpc) is 2.33. The minimum Gasteiger partial charge on any atom is -0.449 e. The molecule has 1 unspecified atom stereocenters. The number of halogens is 6. The minimum atomic E-state index is -4.98. The molecule has 1 aromatic rings. The van der Waals surface area contributed by atoms with Gasteiger partial charge in [-0.1, -0.05) is 0 Å². The average molecular weight is 343 g/mol. The number of hydrogen-bond acceptors (Lipinski definition) is 4. The van der Waals surface area contributed by atoms with E-state index in [4.69, 9.17) is 5.11 Å². The van der Waals surface area contributed by atoms with Gasteiger partial charge in [-0.05, 0) is 24.3 Å². The van der Waals surface area contributed by atoms with Crippen LogP contribution in [0, 0.1) is 0 Å². The maximum absolute atomic E-state index is 12.9. The third-order valence-electron chi connectivity index (χ3n) is 2.67. The monoisotopic (exact) mass is 343 g/mol. The first-order valence-corrected chi connectivity index (χ1v) is 5.81. The zero-order valence-electron chi connectivity index (χ0n) is 10.8. The van der Waals surface area contributed by atoms with Crippen molar-refractivity contribution >= 4 is 17.9 Å². The van der Waals surface area contributed by atoms with Gasteiger partial charge in [-0.3, -0.25) is 0 Å². The fourth-order valence-electron chi connectivity index (χ4n) is 1.88. The predicted molar refractivity (Wildman–Crippen MR) is 63.7 cm³/mol. The zero-order chi connectivity index (χ0) is 17.4. The molecule has 126 valence electrons. The third kappa shape index (κ3) is 4.20. The van der Waals surface area contributed by atoms with Gasteiger partial charge in [0.25, 0.3) is 0 Å². The van der Waals surface area contributed by atoms with Crippen LogP contribution in [-0.4, -0.2) is 29.8 Å². The molecule has 5 nitrogen and oxygen atoms in total. The number of anilines is 1. The fourth-order valence-corrected chi connectivity index (χ4v) is 1.88. The summed E-state index contributed by atoms with van der Waals surface area (Å²) in [5.74, 6) is -1.68. The summed E-state index contributed by atoms with van der Waals surface area (Å²) >= 11 is 0. The SMILES string of the molecule is O=C(O)OC1=Cc2cc(OC(F)(F)F)ccc2NC1C(F)(F)F. The summed E-state index contributed by atoms with van der Waals surface area (Å²) in [6.07, 6.45) is -11.2. The Morgan fingerprint density at radius 2 is 1.83 bits per heavy atom. The Morgan fingerprint density at radius 3 is 2.35 bits per heavy atom. The van der Waals surface area contributed by atoms with E-state index in [0.717, 1.165) is 18.2 Å². The lowest BCUT2D eigenvalue weighted by Gasteiger charge is -2.28. The minimum absolute atomic E-state index is 0.150. The number of ether oxygens (including phenoxy) is 2. The number of benzene rings is 1. The molecule has 23 heavy (non-hydrogen) atoms. The number of hydrogen-bond donors (Lipinski definition) is 2. The van der Waals surface area contributed by atoms with Gasteiger partial charge in [-0.25, -0.2) is 4.79 Å². The lowest BCUT2D eigenvalue weighted by atomic mass is 10.0.